The predicted molar refractivity (Wildman–Crippen MR) is 114 cm³/mol. The minimum atomic E-state index is -0.798. The molecule has 0 aliphatic carbocycles. The lowest BCUT2D eigenvalue weighted by atomic mass is 10.0. The summed E-state index contributed by atoms with van der Waals surface area (Å²) in [5.41, 5.74) is 5.71. The Morgan fingerprint density at radius 1 is 0.963 bits per heavy atom. The Morgan fingerprint density at radius 2 is 1.48 bits per heavy atom. The van der Waals surface area contributed by atoms with Crippen LogP contribution < -0.4 is 5.73 Å². The van der Waals surface area contributed by atoms with Gasteiger partial charge in [0.2, 0.25) is 5.84 Å². The highest BCUT2D eigenvalue weighted by atomic mass is 16.4. The summed E-state index contributed by atoms with van der Waals surface area (Å²) in [4.78, 5) is 15.7. The summed E-state index contributed by atoms with van der Waals surface area (Å²) in [6, 6.07) is 0. The zero-order chi connectivity index (χ0) is 19.8. The zero-order valence-electron chi connectivity index (χ0n) is 17.5. The van der Waals surface area contributed by atoms with E-state index in [4.69, 9.17) is 5.73 Å². The number of aliphatic imine (C=N–C) groups is 1. The van der Waals surface area contributed by atoms with Gasteiger partial charge in [0.15, 0.2) is 6.54 Å². The maximum atomic E-state index is 11.2. The SMILES string of the molecule is CCCCCCCCCCCCCCCC1=NC=C[N+]1(CCN)CC(=O)O. The maximum Gasteiger partial charge on any atom is 0.360 e. The second-order valence-corrected chi connectivity index (χ2v) is 7.93. The van der Waals surface area contributed by atoms with E-state index in [0.717, 1.165) is 18.7 Å². The molecule has 5 heteroatoms. The molecule has 1 rings (SSSR count). The van der Waals surface area contributed by atoms with E-state index in [-0.39, 0.29) is 6.54 Å². The first-order chi connectivity index (χ1) is 13.1. The van der Waals surface area contributed by atoms with E-state index in [1.165, 1.54) is 77.0 Å². The number of quaternary nitrogens is 1. The highest BCUT2D eigenvalue weighted by molar-refractivity contribution is 5.81. The van der Waals surface area contributed by atoms with Crippen molar-refractivity contribution in [2.24, 2.45) is 10.7 Å². The predicted octanol–water partition coefficient (Wildman–Crippen LogP) is 5.21. The quantitative estimate of drug-likeness (QED) is 0.253. The average Bonchev–Trinajstić information content (AvgIpc) is 3.00. The fraction of sp³-hybridized carbons (Fsp3) is 0.818. The van der Waals surface area contributed by atoms with Crippen LogP contribution in [-0.4, -0.2) is 41.0 Å². The van der Waals surface area contributed by atoms with Gasteiger partial charge in [-0.15, -0.1) is 0 Å². The number of nitrogens with two attached hydrogens (primary N) is 1. The van der Waals surface area contributed by atoms with Crippen LogP contribution in [0.1, 0.15) is 96.8 Å². The molecule has 0 aromatic rings. The molecule has 1 atom stereocenters. The number of carbonyl (C=O) groups is 1. The van der Waals surface area contributed by atoms with E-state index in [1.54, 1.807) is 6.20 Å². The van der Waals surface area contributed by atoms with Gasteiger partial charge in [0, 0.05) is 13.0 Å². The van der Waals surface area contributed by atoms with Crippen molar-refractivity contribution in [1.29, 1.82) is 0 Å². The number of nitrogens with zero attached hydrogens (tertiary/aromatic N) is 2. The van der Waals surface area contributed by atoms with Gasteiger partial charge in [-0.25, -0.2) is 14.3 Å². The Labute approximate surface area is 166 Å². The van der Waals surface area contributed by atoms with Crippen molar-refractivity contribution < 1.29 is 14.4 Å². The molecule has 0 aromatic heterocycles. The average molecular weight is 381 g/mol. The second kappa shape index (κ2) is 14.8. The number of amidine groups is 1. The van der Waals surface area contributed by atoms with Gasteiger partial charge >= 0.3 is 5.97 Å². The topological polar surface area (TPSA) is 75.7 Å². The van der Waals surface area contributed by atoms with E-state index < -0.39 is 5.97 Å². The van der Waals surface area contributed by atoms with Crippen LogP contribution in [0, 0.1) is 0 Å². The molecule has 3 N–H and O–H groups in total. The van der Waals surface area contributed by atoms with Gasteiger partial charge in [-0.3, -0.25) is 0 Å². The maximum absolute atomic E-state index is 11.2. The molecule has 1 unspecified atom stereocenters. The summed E-state index contributed by atoms with van der Waals surface area (Å²) in [6.07, 6.45) is 21.9. The van der Waals surface area contributed by atoms with Gasteiger partial charge in [0.25, 0.3) is 0 Å². The lowest BCUT2D eigenvalue weighted by molar-refractivity contribution is -0.778. The first-order valence-electron chi connectivity index (χ1n) is 11.2. The standard InChI is InChI=1S/C22H41N3O2/c1-2-3-4-5-6-7-8-9-10-11-12-13-14-15-21-24-17-19-25(21,18-16-23)20-22(26)27/h17,19H,2-16,18,20,23H2,1H3/p+1. The molecule has 0 saturated heterocycles. The minimum Gasteiger partial charge on any atom is -0.477 e. The first-order valence-corrected chi connectivity index (χ1v) is 11.2. The van der Waals surface area contributed by atoms with E-state index in [9.17, 15) is 9.90 Å². The van der Waals surface area contributed by atoms with E-state index in [2.05, 4.69) is 11.9 Å². The Balaban J connectivity index is 2.05. The molecule has 0 fully saturated rings. The van der Waals surface area contributed by atoms with Crippen LogP contribution in [0.4, 0.5) is 0 Å². The third-order valence-corrected chi connectivity index (χ3v) is 5.54. The van der Waals surface area contributed by atoms with E-state index >= 15 is 0 Å². The van der Waals surface area contributed by atoms with Gasteiger partial charge in [0.1, 0.15) is 12.7 Å². The van der Waals surface area contributed by atoms with Crippen molar-refractivity contribution in [3.63, 3.8) is 0 Å². The van der Waals surface area contributed by atoms with E-state index in [1.807, 2.05) is 6.20 Å². The molecule has 1 heterocycles. The molecule has 0 amide bonds. The second-order valence-electron chi connectivity index (χ2n) is 7.93. The van der Waals surface area contributed by atoms with Crippen LogP contribution in [0.25, 0.3) is 0 Å². The fourth-order valence-corrected chi connectivity index (χ4v) is 3.93. The van der Waals surface area contributed by atoms with Crippen molar-refractivity contribution in [3.05, 3.63) is 12.4 Å². The summed E-state index contributed by atoms with van der Waals surface area (Å²) in [5.74, 6) is 0.166. The number of unbranched alkanes of at least 4 members (excludes halogenated alkanes) is 12. The number of carboxylic acid groups (broad SMARTS) is 1. The molecular formula is C22H42N3O2+. The Morgan fingerprint density at radius 3 is 1.96 bits per heavy atom. The number of hydrogen-bond acceptors (Lipinski definition) is 3. The molecule has 27 heavy (non-hydrogen) atoms. The number of hydrogen-bond donors (Lipinski definition) is 2. The van der Waals surface area contributed by atoms with Crippen LogP contribution in [0.5, 0.6) is 0 Å². The summed E-state index contributed by atoms with van der Waals surface area (Å²) >= 11 is 0. The summed E-state index contributed by atoms with van der Waals surface area (Å²) in [6.45, 7) is 3.39. The minimum absolute atomic E-state index is 0.0466. The normalized spacial score (nSPS) is 18.8. The van der Waals surface area contributed by atoms with Gasteiger partial charge in [-0.1, -0.05) is 84.0 Å². The third kappa shape index (κ3) is 10.1. The fourth-order valence-electron chi connectivity index (χ4n) is 3.93. The van der Waals surface area contributed by atoms with Crippen molar-refractivity contribution >= 4 is 11.8 Å². The van der Waals surface area contributed by atoms with Gasteiger partial charge in [-0.2, -0.15) is 0 Å². The molecule has 0 saturated carbocycles. The molecule has 5 nitrogen and oxygen atoms in total. The van der Waals surface area contributed by atoms with Crippen molar-refractivity contribution in [3.8, 4) is 0 Å². The van der Waals surface area contributed by atoms with Crippen LogP contribution in [0.3, 0.4) is 0 Å². The van der Waals surface area contributed by atoms with Gasteiger partial charge in [0.05, 0.1) is 6.20 Å². The molecule has 1 aliphatic rings. The third-order valence-electron chi connectivity index (χ3n) is 5.54. The molecule has 156 valence electrons. The zero-order valence-corrected chi connectivity index (χ0v) is 17.5. The molecule has 0 aromatic carbocycles. The molecule has 0 bridgehead atoms. The van der Waals surface area contributed by atoms with Crippen LogP contribution in [0.15, 0.2) is 17.4 Å². The van der Waals surface area contributed by atoms with Crippen LogP contribution in [-0.2, 0) is 4.79 Å². The Bertz CT molecular complexity index is 462. The molecule has 0 spiro atoms. The van der Waals surface area contributed by atoms with Gasteiger partial charge in [-0.05, 0) is 6.42 Å². The number of carboxylic acids is 1. The number of aliphatic carboxylic acids is 1. The summed E-state index contributed by atoms with van der Waals surface area (Å²) < 4.78 is 0.310. The number of rotatable bonds is 18. The Hall–Kier alpha value is -1.20. The highest BCUT2D eigenvalue weighted by Gasteiger charge is 2.36. The first kappa shape index (κ1) is 23.8. The summed E-state index contributed by atoms with van der Waals surface area (Å²) in [7, 11) is 0. The highest BCUT2D eigenvalue weighted by Crippen LogP contribution is 2.21. The lowest BCUT2D eigenvalue weighted by Gasteiger charge is -2.30. The smallest absolute Gasteiger partial charge is 0.360 e. The Kier molecular flexibility index (Phi) is 13.1. The monoisotopic (exact) mass is 380 g/mol. The van der Waals surface area contributed by atoms with Crippen molar-refractivity contribution in [1.82, 2.24) is 0 Å². The largest absolute Gasteiger partial charge is 0.477 e. The van der Waals surface area contributed by atoms with Crippen LogP contribution in [0.2, 0.25) is 0 Å². The molecule has 1 aliphatic heterocycles. The van der Waals surface area contributed by atoms with Crippen molar-refractivity contribution in [2.45, 2.75) is 96.8 Å². The lowest BCUT2D eigenvalue weighted by Crippen LogP contribution is -2.52. The van der Waals surface area contributed by atoms with E-state index in [0.29, 0.717) is 17.6 Å². The molecule has 0 radical (unpaired) electrons. The van der Waals surface area contributed by atoms with Crippen LogP contribution >= 0.6 is 0 Å². The van der Waals surface area contributed by atoms with Crippen molar-refractivity contribution in [2.75, 3.05) is 19.6 Å². The molecular weight excluding hydrogens is 338 g/mol. The summed E-state index contributed by atoms with van der Waals surface area (Å²) in [5, 5.41) is 9.22. The van der Waals surface area contributed by atoms with Gasteiger partial charge < -0.3 is 10.8 Å².